The molecule has 2 atom stereocenters. The first-order chi connectivity index (χ1) is 8.04. The molecular formula is C13H18FNO2. The van der Waals surface area contributed by atoms with Gasteiger partial charge in [0.2, 0.25) is 0 Å². The SMILES string of the molecule is COCCC1(C)CC(N)c2cc(F)ccc2O1. The summed E-state index contributed by atoms with van der Waals surface area (Å²) < 4.78 is 24.1. The van der Waals surface area contributed by atoms with Gasteiger partial charge in [-0.05, 0) is 25.1 Å². The summed E-state index contributed by atoms with van der Waals surface area (Å²) in [6, 6.07) is 4.31. The summed E-state index contributed by atoms with van der Waals surface area (Å²) in [6.45, 7) is 2.64. The van der Waals surface area contributed by atoms with E-state index < -0.39 is 0 Å². The molecule has 0 fully saturated rings. The molecule has 0 saturated carbocycles. The van der Waals surface area contributed by atoms with Crippen molar-refractivity contribution in [3.63, 3.8) is 0 Å². The second-order valence-corrected chi connectivity index (χ2v) is 4.79. The number of nitrogens with two attached hydrogens (primary N) is 1. The van der Waals surface area contributed by atoms with Crippen LogP contribution in [0, 0.1) is 5.82 Å². The van der Waals surface area contributed by atoms with Gasteiger partial charge in [0.05, 0.1) is 0 Å². The van der Waals surface area contributed by atoms with Crippen LogP contribution in [0.15, 0.2) is 18.2 Å². The number of hydrogen-bond donors (Lipinski definition) is 1. The van der Waals surface area contributed by atoms with Crippen molar-refractivity contribution in [1.82, 2.24) is 0 Å². The van der Waals surface area contributed by atoms with E-state index in [-0.39, 0.29) is 17.5 Å². The monoisotopic (exact) mass is 239 g/mol. The highest BCUT2D eigenvalue weighted by Gasteiger charge is 2.35. The van der Waals surface area contributed by atoms with E-state index >= 15 is 0 Å². The van der Waals surface area contributed by atoms with Crippen molar-refractivity contribution in [2.75, 3.05) is 13.7 Å². The topological polar surface area (TPSA) is 44.5 Å². The van der Waals surface area contributed by atoms with Crippen molar-refractivity contribution in [2.45, 2.75) is 31.4 Å². The second kappa shape index (κ2) is 4.63. The zero-order valence-corrected chi connectivity index (χ0v) is 10.2. The lowest BCUT2D eigenvalue weighted by atomic mass is 9.87. The molecular weight excluding hydrogens is 221 g/mol. The fourth-order valence-corrected chi connectivity index (χ4v) is 2.26. The minimum atomic E-state index is -0.333. The van der Waals surface area contributed by atoms with Gasteiger partial charge < -0.3 is 15.2 Å². The maximum Gasteiger partial charge on any atom is 0.125 e. The Morgan fingerprint density at radius 2 is 2.35 bits per heavy atom. The van der Waals surface area contributed by atoms with Crippen LogP contribution < -0.4 is 10.5 Å². The van der Waals surface area contributed by atoms with Crippen LogP contribution in [0.2, 0.25) is 0 Å². The van der Waals surface area contributed by atoms with Crippen LogP contribution in [0.3, 0.4) is 0 Å². The summed E-state index contributed by atoms with van der Waals surface area (Å²) >= 11 is 0. The highest BCUT2D eigenvalue weighted by atomic mass is 19.1. The summed E-state index contributed by atoms with van der Waals surface area (Å²) in [6.07, 6.45) is 1.45. The maximum atomic E-state index is 13.1. The van der Waals surface area contributed by atoms with Gasteiger partial charge in [-0.15, -0.1) is 0 Å². The zero-order chi connectivity index (χ0) is 12.5. The van der Waals surface area contributed by atoms with Crippen LogP contribution >= 0.6 is 0 Å². The molecule has 0 spiro atoms. The molecule has 2 N–H and O–H groups in total. The maximum absolute atomic E-state index is 13.1. The normalized spacial score (nSPS) is 27.4. The predicted molar refractivity (Wildman–Crippen MR) is 63.5 cm³/mol. The standard InChI is InChI=1S/C13H18FNO2/c1-13(5-6-16-2)8-11(15)10-7-9(14)3-4-12(10)17-13/h3-4,7,11H,5-6,8,15H2,1-2H3. The fraction of sp³-hybridized carbons (Fsp3) is 0.538. The third kappa shape index (κ3) is 2.58. The largest absolute Gasteiger partial charge is 0.487 e. The molecule has 1 aliphatic heterocycles. The first kappa shape index (κ1) is 12.3. The Hall–Kier alpha value is -1.13. The van der Waals surface area contributed by atoms with Gasteiger partial charge in [-0.25, -0.2) is 4.39 Å². The second-order valence-electron chi connectivity index (χ2n) is 4.79. The van der Waals surface area contributed by atoms with Crippen LogP contribution in [0.25, 0.3) is 0 Å². The molecule has 0 aliphatic carbocycles. The fourth-order valence-electron chi connectivity index (χ4n) is 2.26. The molecule has 2 rings (SSSR count). The van der Waals surface area contributed by atoms with Crippen LogP contribution in [0.4, 0.5) is 4.39 Å². The van der Waals surface area contributed by atoms with E-state index in [1.54, 1.807) is 13.2 Å². The third-order valence-electron chi connectivity index (χ3n) is 3.21. The van der Waals surface area contributed by atoms with E-state index in [1.807, 2.05) is 6.92 Å². The van der Waals surface area contributed by atoms with Crippen LogP contribution in [0.1, 0.15) is 31.4 Å². The van der Waals surface area contributed by atoms with Crippen molar-refractivity contribution in [3.8, 4) is 5.75 Å². The number of methoxy groups -OCH3 is 1. The Morgan fingerprint density at radius 1 is 1.59 bits per heavy atom. The molecule has 4 heteroatoms. The Labute approximate surface area is 101 Å². The minimum absolute atomic E-state index is 0.184. The first-order valence-corrected chi connectivity index (χ1v) is 5.77. The lowest BCUT2D eigenvalue weighted by Crippen LogP contribution is -2.41. The van der Waals surface area contributed by atoms with Gasteiger partial charge >= 0.3 is 0 Å². The number of rotatable bonds is 3. The molecule has 0 aromatic heterocycles. The number of halogens is 1. The molecule has 0 amide bonds. The first-order valence-electron chi connectivity index (χ1n) is 5.77. The molecule has 3 nitrogen and oxygen atoms in total. The van der Waals surface area contributed by atoms with E-state index in [2.05, 4.69) is 0 Å². The van der Waals surface area contributed by atoms with Gasteiger partial charge in [0.15, 0.2) is 0 Å². The molecule has 0 saturated heterocycles. The quantitative estimate of drug-likeness (QED) is 0.881. The van der Waals surface area contributed by atoms with Gasteiger partial charge in [0.25, 0.3) is 0 Å². The molecule has 1 aliphatic rings. The zero-order valence-electron chi connectivity index (χ0n) is 10.2. The smallest absolute Gasteiger partial charge is 0.125 e. The number of ether oxygens (including phenoxy) is 2. The molecule has 0 radical (unpaired) electrons. The van der Waals surface area contributed by atoms with Gasteiger partial charge in [0, 0.05) is 38.2 Å². The molecule has 94 valence electrons. The van der Waals surface area contributed by atoms with Crippen LogP contribution in [0.5, 0.6) is 5.75 Å². The average molecular weight is 239 g/mol. The Morgan fingerprint density at radius 3 is 3.06 bits per heavy atom. The number of fused-ring (bicyclic) bond motifs is 1. The van der Waals surface area contributed by atoms with E-state index in [0.717, 1.165) is 12.0 Å². The van der Waals surface area contributed by atoms with Crippen LogP contribution in [-0.2, 0) is 4.74 Å². The van der Waals surface area contributed by atoms with Crippen molar-refractivity contribution in [2.24, 2.45) is 5.73 Å². The van der Waals surface area contributed by atoms with Crippen molar-refractivity contribution in [3.05, 3.63) is 29.6 Å². The summed E-state index contributed by atoms with van der Waals surface area (Å²) in [5.41, 5.74) is 6.49. The van der Waals surface area contributed by atoms with Gasteiger partial charge in [-0.3, -0.25) is 0 Å². The average Bonchev–Trinajstić information content (AvgIpc) is 2.28. The minimum Gasteiger partial charge on any atom is -0.487 e. The summed E-state index contributed by atoms with van der Waals surface area (Å²) in [7, 11) is 1.66. The van der Waals surface area contributed by atoms with E-state index in [1.165, 1.54) is 12.1 Å². The number of benzene rings is 1. The van der Waals surface area contributed by atoms with E-state index in [0.29, 0.717) is 18.8 Å². The van der Waals surface area contributed by atoms with Crippen molar-refractivity contribution < 1.29 is 13.9 Å². The lowest BCUT2D eigenvalue weighted by Gasteiger charge is -2.38. The van der Waals surface area contributed by atoms with Crippen molar-refractivity contribution in [1.29, 1.82) is 0 Å². The van der Waals surface area contributed by atoms with Crippen molar-refractivity contribution >= 4 is 0 Å². The highest BCUT2D eigenvalue weighted by Crippen LogP contribution is 2.40. The van der Waals surface area contributed by atoms with E-state index in [4.69, 9.17) is 15.2 Å². The summed E-state index contributed by atoms with van der Waals surface area (Å²) in [5, 5.41) is 0. The molecule has 2 unspecified atom stereocenters. The summed E-state index contributed by atoms with van der Waals surface area (Å²) in [4.78, 5) is 0. The highest BCUT2D eigenvalue weighted by molar-refractivity contribution is 5.39. The van der Waals surface area contributed by atoms with Crippen LogP contribution in [-0.4, -0.2) is 19.3 Å². The molecule has 1 aromatic rings. The van der Waals surface area contributed by atoms with Gasteiger partial charge in [-0.1, -0.05) is 0 Å². The third-order valence-corrected chi connectivity index (χ3v) is 3.21. The summed E-state index contributed by atoms with van der Waals surface area (Å²) in [5.74, 6) is 0.409. The number of hydrogen-bond acceptors (Lipinski definition) is 3. The van der Waals surface area contributed by atoms with Gasteiger partial charge in [0.1, 0.15) is 17.2 Å². The predicted octanol–water partition coefficient (Wildman–Crippen LogP) is 2.40. The molecule has 0 bridgehead atoms. The Kier molecular flexibility index (Phi) is 3.35. The Balaban J connectivity index is 2.23. The van der Waals surface area contributed by atoms with E-state index in [9.17, 15) is 4.39 Å². The van der Waals surface area contributed by atoms with Gasteiger partial charge in [-0.2, -0.15) is 0 Å². The molecule has 17 heavy (non-hydrogen) atoms. The molecule has 1 aromatic carbocycles. The lowest BCUT2D eigenvalue weighted by molar-refractivity contribution is 0.0214. The Bertz CT molecular complexity index is 410. The molecule has 1 heterocycles.